The van der Waals surface area contributed by atoms with E-state index in [0.29, 0.717) is 0 Å². The van der Waals surface area contributed by atoms with Crippen molar-refractivity contribution in [2.45, 2.75) is 58.4 Å². The van der Waals surface area contributed by atoms with Crippen molar-refractivity contribution in [3.05, 3.63) is 199 Å². The molecule has 3 aromatic heterocycles. The van der Waals surface area contributed by atoms with E-state index < -0.39 is 0 Å². The Morgan fingerprint density at radius 3 is 2.05 bits per heavy atom. The number of aryl methyl sites for hydroxylation is 2. The lowest BCUT2D eigenvalue weighted by Gasteiger charge is -2.21. The van der Waals surface area contributed by atoms with Crippen LogP contribution in [-0.2, 0) is 24.8 Å². The van der Waals surface area contributed by atoms with Gasteiger partial charge in [0.2, 0.25) is 0 Å². The van der Waals surface area contributed by atoms with Crippen LogP contribution < -0.4 is 10.6 Å². The first-order valence-electron chi connectivity index (χ1n) is 22.2. The zero-order chi connectivity index (χ0) is 42.5. The molecule has 1 aliphatic rings. The smallest absolute Gasteiger partial charge is 0.137 e. The summed E-state index contributed by atoms with van der Waals surface area (Å²) in [5.41, 5.74) is 17.0. The number of nitrogens with zero attached hydrogens (tertiary/aromatic N) is 4. The van der Waals surface area contributed by atoms with Crippen molar-refractivity contribution >= 4 is 55.6 Å². The molecule has 2 N–H and O–H groups in total. The number of imidazole rings is 1. The normalized spacial score (nSPS) is 12.8. The highest BCUT2D eigenvalue weighted by Crippen LogP contribution is 2.42. The molecule has 7 aromatic carbocycles. The van der Waals surface area contributed by atoms with E-state index in [1.807, 2.05) is 6.20 Å². The fourth-order valence-corrected chi connectivity index (χ4v) is 9.49. The number of para-hydroxylation sites is 2. The maximum absolute atomic E-state index is 5.18. The van der Waals surface area contributed by atoms with Crippen molar-refractivity contribution in [2.75, 3.05) is 10.6 Å². The molecule has 0 spiro atoms. The van der Waals surface area contributed by atoms with Gasteiger partial charge >= 0.3 is 0 Å². The van der Waals surface area contributed by atoms with Gasteiger partial charge in [0.15, 0.2) is 0 Å². The Hall–Kier alpha value is -7.44. The molecule has 0 amide bonds. The Morgan fingerprint density at radius 1 is 0.571 bits per heavy atom. The van der Waals surface area contributed by atoms with E-state index in [-0.39, 0.29) is 5.41 Å². The van der Waals surface area contributed by atoms with E-state index in [4.69, 9.17) is 9.97 Å². The molecule has 0 fully saturated rings. The van der Waals surface area contributed by atoms with Crippen LogP contribution in [-0.4, -0.2) is 19.1 Å². The lowest BCUT2D eigenvalue weighted by atomic mass is 9.88. The van der Waals surface area contributed by atoms with E-state index >= 15 is 0 Å². The summed E-state index contributed by atoms with van der Waals surface area (Å²) in [6.07, 6.45) is 6.07. The third-order valence-corrected chi connectivity index (χ3v) is 12.7. The molecular weight excluding hydrogens is 769 g/mol. The molecule has 0 aliphatic carbocycles. The molecule has 0 bridgehead atoms. The second-order valence-corrected chi connectivity index (χ2v) is 18.0. The van der Waals surface area contributed by atoms with Crippen molar-refractivity contribution in [1.29, 1.82) is 0 Å². The Bertz CT molecular complexity index is 3240. The summed E-state index contributed by atoms with van der Waals surface area (Å²) < 4.78 is 4.75. The molecule has 10 aromatic rings. The first-order valence-corrected chi connectivity index (χ1v) is 22.2. The topological polar surface area (TPSA) is 59.7 Å². The molecule has 6 heteroatoms. The van der Waals surface area contributed by atoms with Gasteiger partial charge in [-0.05, 0) is 101 Å². The summed E-state index contributed by atoms with van der Waals surface area (Å²) in [7, 11) is 0. The Morgan fingerprint density at radius 2 is 1.27 bits per heavy atom. The van der Waals surface area contributed by atoms with Crippen LogP contribution in [0.3, 0.4) is 0 Å². The lowest BCUT2D eigenvalue weighted by molar-refractivity contribution is 0.533. The van der Waals surface area contributed by atoms with Gasteiger partial charge in [0.25, 0.3) is 0 Å². The number of benzene rings is 7. The van der Waals surface area contributed by atoms with E-state index in [1.165, 1.54) is 51.6 Å². The molecule has 0 saturated carbocycles. The summed E-state index contributed by atoms with van der Waals surface area (Å²) >= 11 is 0. The van der Waals surface area contributed by atoms with Gasteiger partial charge in [-0.3, -0.25) is 4.57 Å². The number of aromatic nitrogens is 4. The van der Waals surface area contributed by atoms with Gasteiger partial charge in [-0.15, -0.1) is 0 Å². The molecule has 0 unspecified atom stereocenters. The number of hydrogen-bond acceptors (Lipinski definition) is 4. The van der Waals surface area contributed by atoms with Gasteiger partial charge in [0.05, 0.1) is 39.1 Å². The monoisotopic (exact) mass is 818 g/mol. The van der Waals surface area contributed by atoms with E-state index in [2.05, 4.69) is 210 Å². The van der Waals surface area contributed by atoms with Gasteiger partial charge < -0.3 is 15.2 Å². The zero-order valence-corrected chi connectivity index (χ0v) is 36.1. The molecule has 308 valence electrons. The number of pyridine rings is 1. The third-order valence-electron chi connectivity index (χ3n) is 12.7. The molecular formula is C57H50N6. The SMILES string of the molecule is CC(C)(C)c1ccnc(-n2c3ccccc3c3ccc(Cc4cccc(Nc5cc6nc7n(c6cc5Nc5c(-c6ccccc6)cccc5-c5ccccc5)CCCC7)c4)cc32)c1. The fourth-order valence-electron chi connectivity index (χ4n) is 9.49. The van der Waals surface area contributed by atoms with Gasteiger partial charge in [0, 0.05) is 46.7 Å². The average molecular weight is 819 g/mol. The van der Waals surface area contributed by atoms with Crippen molar-refractivity contribution in [3.8, 4) is 28.1 Å². The number of rotatable bonds is 9. The number of nitrogens with one attached hydrogen (secondary N) is 2. The minimum absolute atomic E-state index is 0.0130. The van der Waals surface area contributed by atoms with Gasteiger partial charge in [-0.1, -0.05) is 142 Å². The molecule has 63 heavy (non-hydrogen) atoms. The number of hydrogen-bond donors (Lipinski definition) is 2. The number of fused-ring (bicyclic) bond motifs is 6. The van der Waals surface area contributed by atoms with E-state index in [1.54, 1.807) is 0 Å². The molecule has 0 atom stereocenters. The van der Waals surface area contributed by atoms with Crippen molar-refractivity contribution in [2.24, 2.45) is 0 Å². The van der Waals surface area contributed by atoms with Crippen LogP contribution in [0.1, 0.15) is 56.1 Å². The van der Waals surface area contributed by atoms with Crippen LogP contribution in [0, 0.1) is 0 Å². The molecule has 4 heterocycles. The molecule has 0 radical (unpaired) electrons. The molecule has 1 aliphatic heterocycles. The van der Waals surface area contributed by atoms with Crippen LogP contribution in [0.15, 0.2) is 176 Å². The standard InChI is InChI=1S/C57H50N6/c1-57(2,3)42-29-30-58-55(35-42)63-51-25-11-10-22-46(51)47-28-27-39(34-52(47)63)32-38-16-14-21-43(33-38)59-48-36-50-53(62-31-13-12-26-54(62)60-50)37-49(48)61-56-44(40-17-6-4-7-18-40)23-15-24-45(56)41-19-8-5-9-20-41/h4-11,14-25,27-30,33-37,59,61H,12-13,26,31-32H2,1-3H3. The maximum atomic E-state index is 5.18. The largest absolute Gasteiger partial charge is 0.354 e. The predicted octanol–water partition coefficient (Wildman–Crippen LogP) is 14.6. The molecule has 0 saturated heterocycles. The highest BCUT2D eigenvalue weighted by molar-refractivity contribution is 6.09. The van der Waals surface area contributed by atoms with Crippen molar-refractivity contribution < 1.29 is 0 Å². The Labute approximate surface area is 368 Å². The Balaban J connectivity index is 0.981. The van der Waals surface area contributed by atoms with Crippen molar-refractivity contribution in [1.82, 2.24) is 19.1 Å². The quantitative estimate of drug-likeness (QED) is 0.152. The van der Waals surface area contributed by atoms with E-state index in [9.17, 15) is 0 Å². The summed E-state index contributed by atoms with van der Waals surface area (Å²) in [5.74, 6) is 2.11. The van der Waals surface area contributed by atoms with Gasteiger partial charge in [0.1, 0.15) is 11.6 Å². The maximum Gasteiger partial charge on any atom is 0.137 e. The summed E-state index contributed by atoms with van der Waals surface area (Å²) in [5, 5.41) is 10.4. The minimum atomic E-state index is 0.0130. The van der Waals surface area contributed by atoms with Crippen LogP contribution in [0.5, 0.6) is 0 Å². The summed E-state index contributed by atoms with van der Waals surface area (Å²) in [6.45, 7) is 7.76. The van der Waals surface area contributed by atoms with Gasteiger partial charge in [-0.2, -0.15) is 0 Å². The summed E-state index contributed by atoms with van der Waals surface area (Å²) in [4.78, 5) is 10.1. The Kier molecular flexibility index (Phi) is 9.64. The first-order chi connectivity index (χ1) is 30.8. The third kappa shape index (κ3) is 7.31. The van der Waals surface area contributed by atoms with Crippen LogP contribution in [0.4, 0.5) is 22.7 Å². The minimum Gasteiger partial charge on any atom is -0.354 e. The molecule has 6 nitrogen and oxygen atoms in total. The lowest BCUT2D eigenvalue weighted by Crippen LogP contribution is -2.12. The average Bonchev–Trinajstić information content (AvgIpc) is 3.84. The highest BCUT2D eigenvalue weighted by atomic mass is 15.1. The highest BCUT2D eigenvalue weighted by Gasteiger charge is 2.21. The first kappa shape index (κ1) is 38.5. The second kappa shape index (κ2) is 15.8. The van der Waals surface area contributed by atoms with Crippen LogP contribution in [0.2, 0.25) is 0 Å². The fraction of sp³-hybridized carbons (Fsp3) is 0.158. The second-order valence-electron chi connectivity index (χ2n) is 18.0. The summed E-state index contributed by atoms with van der Waals surface area (Å²) in [6, 6.07) is 61.3. The van der Waals surface area contributed by atoms with Crippen molar-refractivity contribution in [3.63, 3.8) is 0 Å². The van der Waals surface area contributed by atoms with Crippen LogP contribution >= 0.6 is 0 Å². The van der Waals surface area contributed by atoms with Crippen LogP contribution in [0.25, 0.3) is 60.9 Å². The number of anilines is 4. The van der Waals surface area contributed by atoms with E-state index in [0.717, 1.165) is 86.8 Å². The zero-order valence-electron chi connectivity index (χ0n) is 36.1. The molecule has 11 rings (SSSR count). The van der Waals surface area contributed by atoms with Gasteiger partial charge in [-0.25, -0.2) is 9.97 Å². The predicted molar refractivity (Wildman–Crippen MR) is 263 cm³/mol.